The van der Waals surface area contributed by atoms with Gasteiger partial charge in [0.05, 0.1) is 0 Å². The van der Waals surface area contributed by atoms with Crippen molar-refractivity contribution in [3.63, 3.8) is 0 Å². The second kappa shape index (κ2) is 8.55. The predicted molar refractivity (Wildman–Crippen MR) is 85.4 cm³/mol. The van der Waals surface area contributed by atoms with Gasteiger partial charge in [-0.25, -0.2) is 4.39 Å². The quantitative estimate of drug-likeness (QED) is 0.753. The van der Waals surface area contributed by atoms with Gasteiger partial charge in [-0.05, 0) is 36.9 Å². The molecule has 0 heterocycles. The van der Waals surface area contributed by atoms with Crippen LogP contribution in [0.5, 0.6) is 0 Å². The van der Waals surface area contributed by atoms with E-state index in [2.05, 4.69) is 17.0 Å². The third kappa shape index (κ3) is 5.66. The van der Waals surface area contributed by atoms with Crippen LogP contribution >= 0.6 is 12.4 Å². The number of ketones is 1. The van der Waals surface area contributed by atoms with Crippen molar-refractivity contribution in [2.24, 2.45) is 0 Å². The van der Waals surface area contributed by atoms with Gasteiger partial charge < -0.3 is 4.90 Å². The number of Topliss-reactive ketones (excluding diaryl/α,β-unsaturated/α-hetero) is 1. The van der Waals surface area contributed by atoms with E-state index in [9.17, 15) is 9.18 Å². The van der Waals surface area contributed by atoms with E-state index >= 15 is 0 Å². The molecule has 0 amide bonds. The Bertz CT molecular complexity index is 557. The lowest BCUT2D eigenvalue weighted by molar-refractivity contribution is 0.0968. The SMILES string of the molecule is CN(CCC(=O)c1ccc(F)cc1)Cc1ccccc1.Cl. The molecule has 0 spiro atoms. The minimum atomic E-state index is -0.317. The molecule has 2 aromatic carbocycles. The summed E-state index contributed by atoms with van der Waals surface area (Å²) < 4.78 is 12.8. The molecule has 0 fully saturated rings. The standard InChI is InChI=1S/C17H18FNO.ClH/c1-19(13-14-5-3-2-4-6-14)12-11-17(20)15-7-9-16(18)10-8-15;/h2-10H,11-13H2,1H3;1H. The highest BCUT2D eigenvalue weighted by atomic mass is 35.5. The van der Waals surface area contributed by atoms with Crippen LogP contribution in [0.25, 0.3) is 0 Å². The summed E-state index contributed by atoms with van der Waals surface area (Å²) in [6.45, 7) is 1.50. The second-order valence-corrected chi connectivity index (χ2v) is 4.90. The Morgan fingerprint density at radius 1 is 1.05 bits per heavy atom. The first-order valence-corrected chi connectivity index (χ1v) is 6.66. The zero-order chi connectivity index (χ0) is 14.4. The third-order valence-corrected chi connectivity index (χ3v) is 3.18. The van der Waals surface area contributed by atoms with Crippen molar-refractivity contribution < 1.29 is 9.18 Å². The first kappa shape index (κ1) is 17.3. The van der Waals surface area contributed by atoms with Gasteiger partial charge >= 0.3 is 0 Å². The monoisotopic (exact) mass is 307 g/mol. The zero-order valence-electron chi connectivity index (χ0n) is 12.0. The molecule has 0 saturated heterocycles. The number of nitrogens with zero attached hydrogens (tertiary/aromatic N) is 1. The van der Waals surface area contributed by atoms with Gasteiger partial charge in [0, 0.05) is 25.1 Å². The Kier molecular flexibility index (Phi) is 7.06. The van der Waals surface area contributed by atoms with Crippen molar-refractivity contribution in [2.45, 2.75) is 13.0 Å². The molecule has 0 aliphatic carbocycles. The molecular weight excluding hydrogens is 289 g/mol. The summed E-state index contributed by atoms with van der Waals surface area (Å²) in [6, 6.07) is 15.9. The minimum absolute atomic E-state index is 0. The summed E-state index contributed by atoms with van der Waals surface area (Å²) in [5.41, 5.74) is 1.80. The van der Waals surface area contributed by atoms with E-state index in [-0.39, 0.29) is 24.0 Å². The molecular formula is C17H19ClFNO. The van der Waals surface area contributed by atoms with Gasteiger partial charge in [-0.15, -0.1) is 12.4 Å². The molecule has 0 atom stereocenters. The summed E-state index contributed by atoms with van der Waals surface area (Å²) in [5, 5.41) is 0. The van der Waals surface area contributed by atoms with Crippen molar-refractivity contribution in [3.05, 3.63) is 71.5 Å². The second-order valence-electron chi connectivity index (χ2n) is 4.90. The summed E-state index contributed by atoms with van der Waals surface area (Å²) in [4.78, 5) is 14.1. The van der Waals surface area contributed by atoms with Crippen LogP contribution in [0, 0.1) is 5.82 Å². The van der Waals surface area contributed by atoms with Gasteiger partial charge in [-0.1, -0.05) is 30.3 Å². The summed E-state index contributed by atoms with van der Waals surface area (Å²) >= 11 is 0. The number of carbonyl (C=O) groups is 1. The molecule has 2 nitrogen and oxygen atoms in total. The van der Waals surface area contributed by atoms with Crippen LogP contribution in [0.1, 0.15) is 22.3 Å². The minimum Gasteiger partial charge on any atom is -0.302 e. The van der Waals surface area contributed by atoms with Gasteiger partial charge in [0.25, 0.3) is 0 Å². The van der Waals surface area contributed by atoms with E-state index < -0.39 is 0 Å². The number of benzene rings is 2. The molecule has 0 aromatic heterocycles. The highest BCUT2D eigenvalue weighted by molar-refractivity contribution is 5.96. The Morgan fingerprint density at radius 3 is 2.29 bits per heavy atom. The maximum atomic E-state index is 12.8. The van der Waals surface area contributed by atoms with Crippen LogP contribution in [0.3, 0.4) is 0 Å². The Morgan fingerprint density at radius 2 is 1.67 bits per heavy atom. The lowest BCUT2D eigenvalue weighted by Crippen LogP contribution is -2.21. The maximum Gasteiger partial charge on any atom is 0.164 e. The summed E-state index contributed by atoms with van der Waals surface area (Å²) in [5.74, 6) is -0.271. The van der Waals surface area contributed by atoms with E-state index in [1.54, 1.807) is 0 Å². The molecule has 2 rings (SSSR count). The Labute approximate surface area is 131 Å². The molecule has 4 heteroatoms. The van der Waals surface area contributed by atoms with Crippen LogP contribution in [0.4, 0.5) is 4.39 Å². The number of rotatable bonds is 6. The molecule has 2 aromatic rings. The van der Waals surface area contributed by atoms with Gasteiger partial charge in [0.1, 0.15) is 5.82 Å². The van der Waals surface area contributed by atoms with Crippen molar-refractivity contribution in [2.75, 3.05) is 13.6 Å². The van der Waals surface area contributed by atoms with Crippen molar-refractivity contribution in [3.8, 4) is 0 Å². The third-order valence-electron chi connectivity index (χ3n) is 3.18. The van der Waals surface area contributed by atoms with Crippen LogP contribution in [0.15, 0.2) is 54.6 Å². The average molecular weight is 308 g/mol. The highest BCUT2D eigenvalue weighted by Crippen LogP contribution is 2.08. The van der Waals surface area contributed by atoms with Gasteiger partial charge in [0.15, 0.2) is 5.78 Å². The number of hydrogen-bond acceptors (Lipinski definition) is 2. The van der Waals surface area contributed by atoms with Crippen LogP contribution in [-0.4, -0.2) is 24.3 Å². The van der Waals surface area contributed by atoms with E-state index in [1.807, 2.05) is 25.2 Å². The topological polar surface area (TPSA) is 20.3 Å². The van der Waals surface area contributed by atoms with E-state index in [1.165, 1.54) is 29.8 Å². The molecule has 0 bridgehead atoms. The van der Waals surface area contributed by atoms with Gasteiger partial charge in [0.2, 0.25) is 0 Å². The van der Waals surface area contributed by atoms with Crippen molar-refractivity contribution in [1.82, 2.24) is 4.90 Å². The fraction of sp³-hybridized carbons (Fsp3) is 0.235. The molecule has 0 aliphatic heterocycles. The van der Waals surface area contributed by atoms with E-state index in [4.69, 9.17) is 0 Å². The van der Waals surface area contributed by atoms with Crippen LogP contribution < -0.4 is 0 Å². The highest BCUT2D eigenvalue weighted by Gasteiger charge is 2.08. The molecule has 0 saturated carbocycles. The first-order valence-electron chi connectivity index (χ1n) is 6.66. The fourth-order valence-electron chi connectivity index (χ4n) is 2.05. The summed E-state index contributed by atoms with van der Waals surface area (Å²) in [6.07, 6.45) is 0.439. The Balaban J connectivity index is 0.00000220. The molecule has 21 heavy (non-hydrogen) atoms. The lowest BCUT2D eigenvalue weighted by atomic mass is 10.1. The number of halogens is 2. The molecule has 0 aliphatic rings. The predicted octanol–water partition coefficient (Wildman–Crippen LogP) is 3.95. The number of carbonyl (C=O) groups excluding carboxylic acids is 1. The van der Waals surface area contributed by atoms with Crippen LogP contribution in [0.2, 0.25) is 0 Å². The van der Waals surface area contributed by atoms with E-state index in [0.29, 0.717) is 18.5 Å². The van der Waals surface area contributed by atoms with Crippen molar-refractivity contribution >= 4 is 18.2 Å². The number of hydrogen-bond donors (Lipinski definition) is 0. The Hall–Kier alpha value is -1.71. The molecule has 0 unspecified atom stereocenters. The largest absolute Gasteiger partial charge is 0.302 e. The van der Waals surface area contributed by atoms with Crippen molar-refractivity contribution in [1.29, 1.82) is 0 Å². The lowest BCUT2D eigenvalue weighted by Gasteiger charge is -2.16. The molecule has 0 N–H and O–H groups in total. The van der Waals surface area contributed by atoms with Gasteiger partial charge in [-0.2, -0.15) is 0 Å². The molecule has 112 valence electrons. The summed E-state index contributed by atoms with van der Waals surface area (Å²) in [7, 11) is 1.99. The molecule has 0 radical (unpaired) electrons. The maximum absolute atomic E-state index is 12.8. The fourth-order valence-corrected chi connectivity index (χ4v) is 2.05. The van der Waals surface area contributed by atoms with Crippen LogP contribution in [-0.2, 0) is 6.54 Å². The smallest absolute Gasteiger partial charge is 0.164 e. The van der Waals surface area contributed by atoms with E-state index in [0.717, 1.165) is 6.54 Å². The average Bonchev–Trinajstić information content (AvgIpc) is 2.46. The normalized spacial score (nSPS) is 10.2. The van der Waals surface area contributed by atoms with Gasteiger partial charge in [-0.3, -0.25) is 4.79 Å². The zero-order valence-corrected chi connectivity index (χ0v) is 12.8. The first-order chi connectivity index (χ1) is 9.65.